The van der Waals surface area contributed by atoms with Crippen molar-refractivity contribution in [1.29, 1.82) is 0 Å². The molecule has 122 heavy (non-hydrogen) atoms. The lowest BCUT2D eigenvalue weighted by molar-refractivity contribution is -0.148. The zero-order valence-electron chi connectivity index (χ0n) is 80.7. The van der Waals surface area contributed by atoms with Gasteiger partial charge in [0, 0.05) is 61.4 Å². The first-order valence-corrected chi connectivity index (χ1v) is 46.6. The van der Waals surface area contributed by atoms with E-state index in [-0.39, 0.29) is 59.3 Å². The van der Waals surface area contributed by atoms with Gasteiger partial charge in [-0.1, -0.05) is 387 Å². The third kappa shape index (κ3) is 42.1. The van der Waals surface area contributed by atoms with E-state index in [2.05, 4.69) is 143 Å². The van der Waals surface area contributed by atoms with Crippen molar-refractivity contribution in [1.82, 2.24) is 5.32 Å². The smallest absolute Gasteiger partial charge is 0.314 e. The van der Waals surface area contributed by atoms with Crippen LogP contribution in [0.3, 0.4) is 0 Å². The van der Waals surface area contributed by atoms with Crippen LogP contribution < -0.4 is 20.1 Å². The normalized spacial score (nSPS) is 11.5. The van der Waals surface area contributed by atoms with Crippen molar-refractivity contribution in [3.8, 4) is 11.5 Å². The van der Waals surface area contributed by atoms with E-state index in [4.69, 9.17) is 18.6 Å². The lowest BCUT2D eigenvalue weighted by atomic mass is 9.97. The topological polar surface area (TPSA) is 150 Å². The Balaban J connectivity index is 0. The maximum atomic E-state index is 11.7. The van der Waals surface area contributed by atoms with Crippen LogP contribution in [-0.2, 0) is 41.7 Å². The first kappa shape index (κ1) is 114. The molecule has 10 aromatic carbocycles. The van der Waals surface area contributed by atoms with E-state index < -0.39 is 0 Å². The van der Waals surface area contributed by atoms with Crippen molar-refractivity contribution in [3.05, 3.63) is 270 Å². The first-order valence-electron chi connectivity index (χ1n) is 45.7. The van der Waals surface area contributed by atoms with Crippen molar-refractivity contribution in [3.63, 3.8) is 0 Å². The van der Waals surface area contributed by atoms with Crippen LogP contribution in [0.2, 0.25) is 0 Å². The number of carbonyl (C=O) groups is 5. The maximum Gasteiger partial charge on any atom is 0.314 e. The van der Waals surface area contributed by atoms with E-state index in [9.17, 15) is 24.0 Å². The van der Waals surface area contributed by atoms with Crippen LogP contribution in [0, 0.1) is 43.4 Å². The van der Waals surface area contributed by atoms with Gasteiger partial charge in [-0.2, -0.15) is 0 Å². The summed E-state index contributed by atoms with van der Waals surface area (Å²) in [5.74, 6) is 2.41. The van der Waals surface area contributed by atoms with Gasteiger partial charge in [0.15, 0.2) is 0 Å². The molecule has 7 atom stereocenters. The van der Waals surface area contributed by atoms with Gasteiger partial charge < -0.3 is 29.3 Å². The largest absolute Gasteiger partial charge is 0.465 e. The highest BCUT2D eigenvalue weighted by atomic mass is 32.1. The minimum atomic E-state index is -0.164. The van der Waals surface area contributed by atoms with Crippen molar-refractivity contribution in [2.75, 3.05) is 11.9 Å². The van der Waals surface area contributed by atoms with E-state index in [1.54, 1.807) is 12.1 Å². The van der Waals surface area contributed by atoms with Crippen LogP contribution in [0.4, 0.5) is 5.69 Å². The SMILES string of the molecule is CC.CC.CC.CC.CC.CC.CC.CCC(C)C(=O)NCc1cc(C)cc(C)c1.CCC(C)C(=O)Nc1ccccc1.CCC(C)C(=O)OCCc1ccccc1.CCC(C)C(=O)Oc1ccc2ccccc2c1.CCC(C)C(=O)Oc1ccccc1.CCC(C)c1ccc2c(c1)oc1ccccc12.CCC(C)c1cccc2c1sc1ccccc12. The number of furan rings is 1. The van der Waals surface area contributed by atoms with Gasteiger partial charge >= 0.3 is 17.9 Å². The molecule has 0 saturated heterocycles. The summed E-state index contributed by atoms with van der Waals surface area (Å²) in [6.07, 6.45) is 7.36. The first-order chi connectivity index (χ1) is 59.0. The molecule has 7 unspecified atom stereocenters. The number of hydrogen-bond acceptors (Lipinski definition) is 10. The average molecular weight is 1680 g/mol. The van der Waals surface area contributed by atoms with Crippen LogP contribution in [0.15, 0.2) is 241 Å². The van der Waals surface area contributed by atoms with Crippen molar-refractivity contribution >= 4 is 99.6 Å². The number of benzene rings is 10. The summed E-state index contributed by atoms with van der Waals surface area (Å²) in [4.78, 5) is 57.4. The number of esters is 3. The van der Waals surface area contributed by atoms with Gasteiger partial charge in [-0.25, -0.2) is 0 Å². The summed E-state index contributed by atoms with van der Waals surface area (Å²) >= 11 is 1.93. The molecular formula is C110H158N2O9S. The summed E-state index contributed by atoms with van der Waals surface area (Å²) in [6, 6.07) is 79.0. The van der Waals surface area contributed by atoms with Crippen LogP contribution in [0.5, 0.6) is 11.5 Å². The Morgan fingerprint density at radius 3 is 1.35 bits per heavy atom. The molecule has 2 aromatic heterocycles. The van der Waals surface area contributed by atoms with Crippen LogP contribution >= 0.6 is 11.3 Å². The number of fused-ring (bicyclic) bond motifs is 7. The molecule has 668 valence electrons. The molecule has 0 radical (unpaired) electrons. The molecule has 12 heteroatoms. The molecule has 2 amide bonds. The fourth-order valence-electron chi connectivity index (χ4n) is 11.1. The highest BCUT2D eigenvalue weighted by Crippen LogP contribution is 2.39. The molecule has 12 rings (SSSR count). The monoisotopic (exact) mass is 1680 g/mol. The number of carbonyl (C=O) groups excluding carboxylic acids is 5. The van der Waals surface area contributed by atoms with Crippen molar-refractivity contribution < 1.29 is 42.6 Å². The van der Waals surface area contributed by atoms with E-state index in [0.29, 0.717) is 36.5 Å². The van der Waals surface area contributed by atoms with E-state index in [1.807, 2.05) is 311 Å². The van der Waals surface area contributed by atoms with Gasteiger partial charge in [-0.05, 0) is 158 Å². The predicted octanol–water partition coefficient (Wildman–Crippen LogP) is 32.7. The molecule has 0 fully saturated rings. The van der Waals surface area contributed by atoms with Gasteiger partial charge in [0.05, 0.1) is 24.4 Å². The summed E-state index contributed by atoms with van der Waals surface area (Å²) in [7, 11) is 0. The number of thiophene rings is 1. The molecule has 2 N–H and O–H groups in total. The molecule has 0 saturated carbocycles. The number of para-hydroxylation sites is 3. The second-order valence-electron chi connectivity index (χ2n) is 28.0. The van der Waals surface area contributed by atoms with Crippen LogP contribution in [0.1, 0.15) is 284 Å². The lowest BCUT2D eigenvalue weighted by Gasteiger charge is -2.10. The lowest BCUT2D eigenvalue weighted by Crippen LogP contribution is -2.28. The number of aryl methyl sites for hydroxylation is 2. The highest BCUT2D eigenvalue weighted by molar-refractivity contribution is 7.26. The van der Waals surface area contributed by atoms with Gasteiger partial charge in [0.2, 0.25) is 11.8 Å². The maximum absolute atomic E-state index is 11.7. The summed E-state index contributed by atoms with van der Waals surface area (Å²) < 4.78 is 24.4. The Hall–Kier alpha value is -10.2. The second-order valence-corrected chi connectivity index (χ2v) is 29.0. The Bertz CT molecular complexity index is 4620. The van der Waals surface area contributed by atoms with Gasteiger partial charge in [-0.3, -0.25) is 24.0 Å². The molecule has 0 aliphatic rings. The second kappa shape index (κ2) is 69.4. The minimum absolute atomic E-state index is 0.0146. The van der Waals surface area contributed by atoms with E-state index in [0.717, 1.165) is 72.6 Å². The molecule has 2 heterocycles. The number of anilines is 1. The summed E-state index contributed by atoms with van der Waals surface area (Å²) in [5.41, 5.74) is 10.6. The molecular weight excluding hydrogens is 1530 g/mol. The highest BCUT2D eigenvalue weighted by Gasteiger charge is 2.18. The fourth-order valence-corrected chi connectivity index (χ4v) is 12.4. The number of amides is 2. The van der Waals surface area contributed by atoms with Gasteiger partial charge in [-0.15, -0.1) is 11.3 Å². The Morgan fingerprint density at radius 1 is 0.361 bits per heavy atom. The molecule has 11 nitrogen and oxygen atoms in total. The van der Waals surface area contributed by atoms with Crippen molar-refractivity contribution in [2.24, 2.45) is 29.6 Å². The fraction of sp³-hybridized carbons (Fsp3) is 0.427. The number of rotatable bonds is 22. The van der Waals surface area contributed by atoms with Crippen LogP contribution in [0.25, 0.3) is 52.9 Å². The van der Waals surface area contributed by atoms with Gasteiger partial charge in [0.1, 0.15) is 22.7 Å². The van der Waals surface area contributed by atoms with E-state index in [1.165, 1.54) is 70.7 Å². The molecule has 0 bridgehead atoms. The van der Waals surface area contributed by atoms with Crippen LogP contribution in [-0.4, -0.2) is 36.3 Å². The van der Waals surface area contributed by atoms with E-state index >= 15 is 0 Å². The Labute approximate surface area is 743 Å². The molecule has 0 spiro atoms. The average Bonchev–Trinajstić information content (AvgIpc) is 1.63. The standard InChI is InChI=1S/C16H16O.C16H16S.C15H16O2.C14H21NO.C13H18O2.C11H15NO.C11H14O2.7C2H6/c1-3-11(2)12-8-9-14-13-6-4-5-7-15(13)17-16(14)10-12;1-3-11(2)12-8-6-9-14-13-7-4-5-10-15(13)17-16(12)14;1-3-11(2)15(16)17-14-9-8-12-6-4-5-7-13(12)10-14;1-5-12(4)14(16)15-9-13-7-10(2)6-11(3)8-13;1-3-11(2)13(14)15-10-9-12-7-5-4-6-8-12;1-3-9(2)11(13)12-10-7-5-4-6-8-10;1-3-9(2)11(12)13-10-7-5-4-6-8-10;7*1-2/h3*4-11H,3H2,1-2H3;6-8,12H,5,9H2,1-4H3,(H,15,16);4-8,11H,3,9-10H2,1-2H3;4-9H,3H2,1-2H3,(H,12,13);4-9H,3H2,1-2H3;7*1-2H3. The third-order valence-electron chi connectivity index (χ3n) is 19.5. The predicted molar refractivity (Wildman–Crippen MR) is 533 cm³/mol. The number of ether oxygens (including phenoxy) is 3. The minimum Gasteiger partial charge on any atom is -0.465 e. The molecule has 0 aliphatic carbocycles. The molecule has 0 aliphatic heterocycles. The summed E-state index contributed by atoms with van der Waals surface area (Å²) in [6.45, 7) is 61.8. The third-order valence-corrected chi connectivity index (χ3v) is 20.7. The Morgan fingerprint density at radius 2 is 0.811 bits per heavy atom. The van der Waals surface area contributed by atoms with Gasteiger partial charge in [0.25, 0.3) is 0 Å². The zero-order valence-corrected chi connectivity index (χ0v) is 81.5. The van der Waals surface area contributed by atoms with Crippen molar-refractivity contribution in [2.45, 2.75) is 277 Å². The Kier molecular flexibility index (Phi) is 64.7. The summed E-state index contributed by atoms with van der Waals surface area (Å²) in [5, 5.41) is 13.3. The number of nitrogens with one attached hydrogen (secondary N) is 2. The quantitative estimate of drug-likeness (QED) is 0.0499. The zero-order chi connectivity index (χ0) is 92.5. The number of hydrogen-bond donors (Lipinski definition) is 2. The molecule has 12 aromatic rings.